The van der Waals surface area contributed by atoms with Gasteiger partial charge in [0.15, 0.2) is 0 Å². The fourth-order valence-corrected chi connectivity index (χ4v) is 1.61. The Kier molecular flexibility index (Phi) is 2.17. The number of allylic oxidation sites excluding steroid dienone is 2. The molecule has 2 aliphatic heterocycles. The summed E-state index contributed by atoms with van der Waals surface area (Å²) in [5.41, 5.74) is 2.78. The maximum absolute atomic E-state index is 3.39. The summed E-state index contributed by atoms with van der Waals surface area (Å²) in [6.07, 6.45) is 5.85. The molecule has 2 heterocycles. The van der Waals surface area contributed by atoms with Crippen molar-refractivity contribution in [3.63, 3.8) is 0 Å². The van der Waals surface area contributed by atoms with E-state index in [1.165, 1.54) is 30.8 Å². The Morgan fingerprint density at radius 2 is 2.33 bits per heavy atom. The number of nitrogens with one attached hydrogen (secondary N) is 1. The van der Waals surface area contributed by atoms with Gasteiger partial charge in [-0.15, -0.1) is 0 Å². The van der Waals surface area contributed by atoms with Crippen LogP contribution < -0.4 is 5.32 Å². The molecular weight excluding hydrogens is 148 g/mol. The lowest BCUT2D eigenvalue weighted by Crippen LogP contribution is -2.40. The molecule has 2 rings (SSSR count). The lowest BCUT2D eigenvalue weighted by molar-refractivity contribution is 0.195. The molecule has 12 heavy (non-hydrogen) atoms. The first-order valence-electron chi connectivity index (χ1n) is 4.68. The normalized spacial score (nSPS) is 23.8. The van der Waals surface area contributed by atoms with Gasteiger partial charge in [-0.05, 0) is 32.5 Å². The van der Waals surface area contributed by atoms with Crippen molar-refractivity contribution < 1.29 is 0 Å². The SMILES string of the molecule is CC1=CCNC(CN2CCC2)=C1. The van der Waals surface area contributed by atoms with E-state index in [2.05, 4.69) is 29.3 Å². The van der Waals surface area contributed by atoms with Crippen LogP contribution in [0.3, 0.4) is 0 Å². The Labute approximate surface area is 73.9 Å². The molecule has 0 saturated carbocycles. The van der Waals surface area contributed by atoms with E-state index < -0.39 is 0 Å². The highest BCUT2D eigenvalue weighted by Gasteiger charge is 2.15. The summed E-state index contributed by atoms with van der Waals surface area (Å²) >= 11 is 0. The Morgan fingerprint density at radius 3 is 2.92 bits per heavy atom. The number of nitrogens with zero attached hydrogens (tertiary/aromatic N) is 1. The number of hydrogen-bond acceptors (Lipinski definition) is 2. The largest absolute Gasteiger partial charge is 0.384 e. The zero-order chi connectivity index (χ0) is 8.39. The third-order valence-electron chi connectivity index (χ3n) is 2.50. The highest BCUT2D eigenvalue weighted by Crippen LogP contribution is 2.11. The molecule has 66 valence electrons. The van der Waals surface area contributed by atoms with Crippen molar-refractivity contribution in [2.45, 2.75) is 13.3 Å². The van der Waals surface area contributed by atoms with Crippen LogP contribution in [0.15, 0.2) is 23.4 Å². The van der Waals surface area contributed by atoms with E-state index in [-0.39, 0.29) is 0 Å². The number of likely N-dealkylation sites (tertiary alicyclic amines) is 1. The summed E-state index contributed by atoms with van der Waals surface area (Å²) in [5.74, 6) is 0. The van der Waals surface area contributed by atoms with Crippen LogP contribution in [0.1, 0.15) is 13.3 Å². The number of hydrogen-bond donors (Lipinski definition) is 1. The smallest absolute Gasteiger partial charge is 0.0381 e. The molecule has 0 aliphatic carbocycles. The lowest BCUT2D eigenvalue weighted by Gasteiger charge is -2.32. The molecule has 0 amide bonds. The molecular formula is C10H16N2. The van der Waals surface area contributed by atoms with E-state index in [1.54, 1.807) is 0 Å². The van der Waals surface area contributed by atoms with Crippen molar-refractivity contribution in [2.24, 2.45) is 0 Å². The van der Waals surface area contributed by atoms with E-state index in [4.69, 9.17) is 0 Å². The molecule has 2 nitrogen and oxygen atoms in total. The standard InChI is InChI=1S/C10H16N2/c1-9-3-4-11-10(7-9)8-12-5-2-6-12/h3,7,11H,2,4-6,8H2,1H3. The van der Waals surface area contributed by atoms with Gasteiger partial charge in [-0.25, -0.2) is 0 Å². The molecule has 0 aromatic carbocycles. The molecule has 0 atom stereocenters. The van der Waals surface area contributed by atoms with Crippen LogP contribution in [0.25, 0.3) is 0 Å². The molecule has 2 aliphatic rings. The molecule has 0 aromatic heterocycles. The van der Waals surface area contributed by atoms with Crippen molar-refractivity contribution >= 4 is 0 Å². The fraction of sp³-hybridized carbons (Fsp3) is 0.600. The van der Waals surface area contributed by atoms with Gasteiger partial charge < -0.3 is 5.32 Å². The summed E-state index contributed by atoms with van der Waals surface area (Å²) in [6, 6.07) is 0. The van der Waals surface area contributed by atoms with Crippen LogP contribution in [0.2, 0.25) is 0 Å². The molecule has 0 radical (unpaired) electrons. The summed E-state index contributed by atoms with van der Waals surface area (Å²) in [7, 11) is 0. The number of dihydropyridines is 1. The minimum atomic E-state index is 1.01. The van der Waals surface area contributed by atoms with Crippen molar-refractivity contribution in [1.82, 2.24) is 10.2 Å². The highest BCUT2D eigenvalue weighted by atomic mass is 15.2. The van der Waals surface area contributed by atoms with E-state index in [0.29, 0.717) is 0 Å². The van der Waals surface area contributed by atoms with Gasteiger partial charge in [0.25, 0.3) is 0 Å². The second-order valence-corrected chi connectivity index (χ2v) is 3.63. The van der Waals surface area contributed by atoms with Gasteiger partial charge in [-0.3, -0.25) is 4.90 Å². The van der Waals surface area contributed by atoms with Gasteiger partial charge in [0.2, 0.25) is 0 Å². The van der Waals surface area contributed by atoms with Crippen LogP contribution in [-0.2, 0) is 0 Å². The molecule has 0 aromatic rings. The quantitative estimate of drug-likeness (QED) is 0.658. The summed E-state index contributed by atoms with van der Waals surface area (Å²) < 4.78 is 0. The molecule has 1 N–H and O–H groups in total. The first-order valence-corrected chi connectivity index (χ1v) is 4.68. The minimum absolute atomic E-state index is 1.01. The third-order valence-corrected chi connectivity index (χ3v) is 2.50. The van der Waals surface area contributed by atoms with E-state index in [0.717, 1.165) is 13.1 Å². The Balaban J connectivity index is 1.90. The zero-order valence-corrected chi connectivity index (χ0v) is 7.64. The van der Waals surface area contributed by atoms with Crippen LogP contribution in [-0.4, -0.2) is 31.1 Å². The molecule has 0 spiro atoms. The van der Waals surface area contributed by atoms with Gasteiger partial charge in [-0.2, -0.15) is 0 Å². The fourth-order valence-electron chi connectivity index (χ4n) is 1.61. The van der Waals surface area contributed by atoms with Crippen LogP contribution in [0, 0.1) is 0 Å². The summed E-state index contributed by atoms with van der Waals surface area (Å²) in [5, 5.41) is 3.39. The van der Waals surface area contributed by atoms with Crippen molar-refractivity contribution in [3.05, 3.63) is 23.4 Å². The topological polar surface area (TPSA) is 15.3 Å². The van der Waals surface area contributed by atoms with Crippen LogP contribution >= 0.6 is 0 Å². The van der Waals surface area contributed by atoms with Crippen molar-refractivity contribution in [3.8, 4) is 0 Å². The molecule has 1 saturated heterocycles. The van der Waals surface area contributed by atoms with E-state index >= 15 is 0 Å². The average molecular weight is 164 g/mol. The second-order valence-electron chi connectivity index (χ2n) is 3.63. The summed E-state index contributed by atoms with van der Waals surface area (Å²) in [4.78, 5) is 2.47. The second kappa shape index (κ2) is 3.31. The zero-order valence-electron chi connectivity index (χ0n) is 7.64. The maximum atomic E-state index is 3.39. The van der Waals surface area contributed by atoms with Gasteiger partial charge in [0, 0.05) is 18.8 Å². The predicted octanol–water partition coefficient (Wildman–Crippen LogP) is 1.13. The van der Waals surface area contributed by atoms with Crippen LogP contribution in [0.4, 0.5) is 0 Å². The average Bonchev–Trinajstić information content (AvgIpc) is 1.97. The molecule has 0 unspecified atom stereocenters. The van der Waals surface area contributed by atoms with Gasteiger partial charge in [0.1, 0.15) is 0 Å². The lowest BCUT2D eigenvalue weighted by atomic mass is 10.1. The maximum Gasteiger partial charge on any atom is 0.0381 e. The predicted molar refractivity (Wildman–Crippen MR) is 50.9 cm³/mol. The monoisotopic (exact) mass is 164 g/mol. The van der Waals surface area contributed by atoms with Gasteiger partial charge in [0.05, 0.1) is 0 Å². The molecule has 0 bridgehead atoms. The van der Waals surface area contributed by atoms with E-state index in [9.17, 15) is 0 Å². The van der Waals surface area contributed by atoms with Crippen LogP contribution in [0.5, 0.6) is 0 Å². The van der Waals surface area contributed by atoms with E-state index in [1.807, 2.05) is 0 Å². The third kappa shape index (κ3) is 1.69. The highest BCUT2D eigenvalue weighted by molar-refractivity contribution is 5.26. The first kappa shape index (κ1) is 7.87. The Morgan fingerprint density at radius 1 is 1.50 bits per heavy atom. The number of rotatable bonds is 2. The Hall–Kier alpha value is -0.760. The molecule has 2 heteroatoms. The summed E-state index contributed by atoms with van der Waals surface area (Å²) in [6.45, 7) is 6.84. The Bertz CT molecular complexity index is 224. The first-order chi connectivity index (χ1) is 5.84. The van der Waals surface area contributed by atoms with Crippen molar-refractivity contribution in [2.75, 3.05) is 26.2 Å². The van der Waals surface area contributed by atoms with Gasteiger partial charge in [-0.1, -0.05) is 11.6 Å². The minimum Gasteiger partial charge on any atom is -0.384 e. The van der Waals surface area contributed by atoms with Crippen molar-refractivity contribution in [1.29, 1.82) is 0 Å². The van der Waals surface area contributed by atoms with Gasteiger partial charge >= 0.3 is 0 Å². The molecule has 1 fully saturated rings.